The maximum Gasteiger partial charge on any atom is 0.260 e. The van der Waals surface area contributed by atoms with Crippen molar-refractivity contribution in [1.82, 2.24) is 4.72 Å². The van der Waals surface area contributed by atoms with Crippen LogP contribution in [0.2, 0.25) is 5.02 Å². The number of amides is 1. The van der Waals surface area contributed by atoms with E-state index in [1.165, 1.54) is 5.56 Å². The molecule has 0 aromatic heterocycles. The molecule has 27 heavy (non-hydrogen) atoms. The number of carbonyl (C=O) groups excluding carboxylic acids is 1. The van der Waals surface area contributed by atoms with Crippen LogP contribution in [0.1, 0.15) is 41.4 Å². The fourth-order valence-corrected chi connectivity index (χ4v) is 5.61. The second-order valence-corrected chi connectivity index (χ2v) is 8.98. The largest absolute Gasteiger partial charge is 0.456 e. The van der Waals surface area contributed by atoms with Gasteiger partial charge >= 0.3 is 0 Å². The average molecular weight is 400 g/mol. The van der Waals surface area contributed by atoms with E-state index in [1.807, 2.05) is 37.3 Å². The van der Waals surface area contributed by atoms with Crippen molar-refractivity contribution in [3.05, 3.63) is 69.1 Å². The highest BCUT2D eigenvalue weighted by molar-refractivity contribution is 7.87. The second-order valence-electron chi connectivity index (χ2n) is 7.53. The summed E-state index contributed by atoms with van der Waals surface area (Å²) in [5.74, 6) is 2.16. The lowest BCUT2D eigenvalue weighted by Crippen LogP contribution is -2.37. The van der Waals surface area contributed by atoms with E-state index in [0.29, 0.717) is 28.2 Å². The maximum atomic E-state index is 12.2. The molecular weight excluding hydrogens is 382 g/mol. The van der Waals surface area contributed by atoms with Gasteiger partial charge in [0.05, 0.1) is 5.02 Å². The van der Waals surface area contributed by atoms with Gasteiger partial charge in [-0.3, -0.25) is 9.52 Å². The van der Waals surface area contributed by atoms with E-state index in [2.05, 4.69) is 10.8 Å². The molecule has 1 N–H and O–H groups in total. The molecule has 2 unspecified atom stereocenters. The number of nitrogens with one attached hydrogen (secondary N) is 1. The molecule has 2 aromatic carbocycles. The third kappa shape index (κ3) is 2.80. The first-order chi connectivity index (χ1) is 13.0. The SMILES string of the molecule is Cc1ccc(Oc2ccc3c(c2)C2CC(C2)C3C2=CS(=O)NC2=O)c(Cl)c1. The van der Waals surface area contributed by atoms with Gasteiger partial charge in [0.15, 0.2) is 0 Å². The first-order valence-corrected chi connectivity index (χ1v) is 10.6. The van der Waals surface area contributed by atoms with Crippen molar-refractivity contribution in [2.24, 2.45) is 5.92 Å². The molecule has 6 heteroatoms. The summed E-state index contributed by atoms with van der Waals surface area (Å²) in [5, 5.41) is 2.16. The van der Waals surface area contributed by atoms with E-state index in [-0.39, 0.29) is 11.8 Å². The number of benzene rings is 2. The second kappa shape index (κ2) is 6.21. The van der Waals surface area contributed by atoms with Crippen LogP contribution in [0, 0.1) is 12.8 Å². The summed E-state index contributed by atoms with van der Waals surface area (Å²) < 4.78 is 20.2. The van der Waals surface area contributed by atoms with Crippen molar-refractivity contribution in [2.75, 3.05) is 0 Å². The van der Waals surface area contributed by atoms with Crippen molar-refractivity contribution in [1.29, 1.82) is 0 Å². The van der Waals surface area contributed by atoms with Crippen molar-refractivity contribution >= 4 is 28.5 Å². The van der Waals surface area contributed by atoms with Crippen molar-refractivity contribution in [2.45, 2.75) is 31.6 Å². The summed E-state index contributed by atoms with van der Waals surface area (Å²) >= 11 is 6.29. The van der Waals surface area contributed by atoms with Crippen LogP contribution in [0.25, 0.3) is 0 Å². The number of carbonyl (C=O) groups is 1. The van der Waals surface area contributed by atoms with Gasteiger partial charge in [-0.05, 0) is 72.6 Å². The van der Waals surface area contributed by atoms with E-state index in [1.54, 1.807) is 5.41 Å². The normalized spacial score (nSPS) is 28.1. The Balaban J connectivity index is 1.50. The minimum atomic E-state index is -1.40. The lowest BCUT2D eigenvalue weighted by atomic mass is 9.56. The number of halogens is 1. The quantitative estimate of drug-likeness (QED) is 0.813. The minimum absolute atomic E-state index is 0.0217. The Hall–Kier alpha value is -2.11. The molecule has 2 atom stereocenters. The number of hydrogen-bond donors (Lipinski definition) is 1. The highest BCUT2D eigenvalue weighted by Crippen LogP contribution is 2.58. The van der Waals surface area contributed by atoms with E-state index < -0.39 is 11.0 Å². The third-order valence-electron chi connectivity index (χ3n) is 5.82. The molecular formula is C21H18ClNO3S. The molecule has 3 aliphatic carbocycles. The zero-order valence-corrected chi connectivity index (χ0v) is 16.3. The molecule has 2 bridgehead atoms. The maximum absolute atomic E-state index is 12.2. The number of hydrogen-bond acceptors (Lipinski definition) is 3. The fourth-order valence-electron chi connectivity index (χ4n) is 4.50. The molecule has 1 fully saturated rings. The van der Waals surface area contributed by atoms with Crippen molar-refractivity contribution in [3.63, 3.8) is 0 Å². The van der Waals surface area contributed by atoms with Gasteiger partial charge in [-0.2, -0.15) is 0 Å². The van der Waals surface area contributed by atoms with Crippen LogP contribution in [0.3, 0.4) is 0 Å². The van der Waals surface area contributed by atoms with Crippen molar-refractivity contribution in [3.8, 4) is 11.5 Å². The Morgan fingerprint density at radius 2 is 1.96 bits per heavy atom. The molecule has 1 aliphatic heterocycles. The van der Waals surface area contributed by atoms with Crippen LogP contribution in [0.4, 0.5) is 0 Å². The van der Waals surface area contributed by atoms with Crippen LogP contribution in [0.15, 0.2) is 47.4 Å². The summed E-state index contributed by atoms with van der Waals surface area (Å²) in [6.07, 6.45) is 2.12. The molecule has 2 aromatic rings. The van der Waals surface area contributed by atoms with Crippen LogP contribution in [0.5, 0.6) is 11.5 Å². The summed E-state index contributed by atoms with van der Waals surface area (Å²) in [7, 11) is -1.40. The fraction of sp³-hybridized carbons (Fsp3) is 0.286. The summed E-state index contributed by atoms with van der Waals surface area (Å²) in [6.45, 7) is 1.99. The molecule has 1 saturated carbocycles. The molecule has 0 radical (unpaired) electrons. The Labute approximate surface area is 165 Å². The van der Waals surface area contributed by atoms with E-state index >= 15 is 0 Å². The topological polar surface area (TPSA) is 55.4 Å². The van der Waals surface area contributed by atoms with Crippen LogP contribution in [-0.4, -0.2) is 10.1 Å². The number of ether oxygens (including phenoxy) is 1. The standard InChI is InChI=1S/C21H18ClNO3S/c1-11-2-5-19(18(22)6-11)26-14-3-4-15-16(9-14)12-7-13(8-12)20(15)17-10-27(25)23-21(17)24/h2-6,9-10,12-13,20H,7-8H2,1H3,(H,23,24). The molecule has 0 saturated heterocycles. The number of aryl methyl sites for hydroxylation is 1. The summed E-state index contributed by atoms with van der Waals surface area (Å²) in [5.41, 5.74) is 4.12. The van der Waals surface area contributed by atoms with E-state index in [0.717, 1.165) is 29.7 Å². The minimum Gasteiger partial charge on any atom is -0.456 e. The van der Waals surface area contributed by atoms with Gasteiger partial charge in [0, 0.05) is 16.9 Å². The molecule has 4 aliphatic rings. The Morgan fingerprint density at radius 3 is 2.67 bits per heavy atom. The highest BCUT2D eigenvalue weighted by Gasteiger charge is 2.47. The van der Waals surface area contributed by atoms with Gasteiger partial charge in [-0.15, -0.1) is 0 Å². The van der Waals surface area contributed by atoms with Gasteiger partial charge in [-0.1, -0.05) is 23.7 Å². The van der Waals surface area contributed by atoms with Gasteiger partial charge in [-0.25, -0.2) is 4.21 Å². The lowest BCUT2D eigenvalue weighted by molar-refractivity contribution is -0.116. The zero-order chi connectivity index (χ0) is 18.7. The average Bonchev–Trinajstić information content (AvgIpc) is 2.93. The number of rotatable bonds is 3. The third-order valence-corrected chi connectivity index (χ3v) is 6.97. The van der Waals surface area contributed by atoms with Gasteiger partial charge < -0.3 is 4.74 Å². The molecule has 6 rings (SSSR count). The summed E-state index contributed by atoms with van der Waals surface area (Å²) in [6, 6.07) is 11.8. The Morgan fingerprint density at radius 1 is 1.15 bits per heavy atom. The van der Waals surface area contributed by atoms with Crippen molar-refractivity contribution < 1.29 is 13.7 Å². The Bertz CT molecular complexity index is 1030. The molecule has 0 spiro atoms. The van der Waals surface area contributed by atoms with Crippen LogP contribution >= 0.6 is 11.6 Å². The first kappa shape index (κ1) is 17.0. The van der Waals surface area contributed by atoms with Crippen LogP contribution in [-0.2, 0) is 15.8 Å². The smallest absolute Gasteiger partial charge is 0.260 e. The van der Waals surface area contributed by atoms with E-state index in [9.17, 15) is 9.00 Å². The molecule has 4 nitrogen and oxygen atoms in total. The van der Waals surface area contributed by atoms with Crippen LogP contribution < -0.4 is 9.46 Å². The zero-order valence-electron chi connectivity index (χ0n) is 14.7. The molecule has 1 heterocycles. The monoisotopic (exact) mass is 399 g/mol. The highest BCUT2D eigenvalue weighted by atomic mass is 35.5. The predicted octanol–water partition coefficient (Wildman–Crippen LogP) is 4.71. The molecule has 1 amide bonds. The van der Waals surface area contributed by atoms with E-state index in [4.69, 9.17) is 16.3 Å². The van der Waals surface area contributed by atoms with Gasteiger partial charge in [0.2, 0.25) is 0 Å². The molecule has 138 valence electrons. The van der Waals surface area contributed by atoms with Gasteiger partial charge in [0.1, 0.15) is 22.5 Å². The van der Waals surface area contributed by atoms with Gasteiger partial charge in [0.25, 0.3) is 5.91 Å². The predicted molar refractivity (Wildman–Crippen MR) is 105 cm³/mol. The summed E-state index contributed by atoms with van der Waals surface area (Å²) in [4.78, 5) is 12.2. The Kier molecular flexibility index (Phi) is 3.92. The lowest BCUT2D eigenvalue weighted by Gasteiger charge is -2.48. The first-order valence-electron chi connectivity index (χ1n) is 9.00.